The first-order valence-corrected chi connectivity index (χ1v) is 9.05. The van der Waals surface area contributed by atoms with Crippen molar-refractivity contribution in [1.82, 2.24) is 10.2 Å². The zero-order chi connectivity index (χ0) is 14.4. The number of amides is 1. The number of hydrogen-bond acceptors (Lipinski definition) is 4. The third-order valence-electron chi connectivity index (χ3n) is 3.30. The number of hydrogen-bond donors (Lipinski definition) is 1. The van der Waals surface area contributed by atoms with Crippen LogP contribution in [0.3, 0.4) is 0 Å². The molecule has 1 aliphatic heterocycles. The molecule has 0 radical (unpaired) electrons. The lowest BCUT2D eigenvalue weighted by Gasteiger charge is -2.22. The Morgan fingerprint density at radius 3 is 2.55 bits per heavy atom. The fourth-order valence-electron chi connectivity index (χ4n) is 2.06. The summed E-state index contributed by atoms with van der Waals surface area (Å²) in [5.74, 6) is 2.58. The van der Waals surface area contributed by atoms with Crippen molar-refractivity contribution in [3.8, 4) is 0 Å². The summed E-state index contributed by atoms with van der Waals surface area (Å²) in [5, 5.41) is 3.06. The molecule has 0 aromatic heterocycles. The lowest BCUT2D eigenvalue weighted by Crippen LogP contribution is -2.32. The molecule has 1 saturated heterocycles. The smallest absolute Gasteiger partial charge is 0.253 e. The Balaban J connectivity index is 1.98. The molecule has 1 amide bonds. The zero-order valence-electron chi connectivity index (χ0n) is 12.1. The molecule has 5 heteroatoms. The predicted molar refractivity (Wildman–Crippen MR) is 89.6 cm³/mol. The summed E-state index contributed by atoms with van der Waals surface area (Å²) < 4.78 is 0.537. The van der Waals surface area contributed by atoms with Crippen molar-refractivity contribution in [2.24, 2.45) is 0 Å². The van der Waals surface area contributed by atoms with Crippen molar-refractivity contribution in [2.45, 2.75) is 11.0 Å². The van der Waals surface area contributed by atoms with E-state index >= 15 is 0 Å². The van der Waals surface area contributed by atoms with E-state index in [2.05, 4.69) is 17.4 Å². The van der Waals surface area contributed by atoms with E-state index in [0.717, 1.165) is 18.7 Å². The summed E-state index contributed by atoms with van der Waals surface area (Å²) in [6.45, 7) is 1.54. The third kappa shape index (κ3) is 4.17. The standard InChI is InChI=1S/C15H22N2OS2/c1-16-8-9-17(2)14(18)12-4-6-13(7-5-12)15-19-10-3-11-20-15/h4-7,15-16H,3,8-11H2,1-2H3. The van der Waals surface area contributed by atoms with Gasteiger partial charge in [0.05, 0.1) is 4.58 Å². The van der Waals surface area contributed by atoms with E-state index in [-0.39, 0.29) is 5.91 Å². The van der Waals surface area contributed by atoms with Gasteiger partial charge in [0.1, 0.15) is 0 Å². The lowest BCUT2D eigenvalue weighted by molar-refractivity contribution is 0.0797. The zero-order valence-corrected chi connectivity index (χ0v) is 13.7. The molecule has 0 aliphatic carbocycles. The predicted octanol–water partition coefficient (Wildman–Crippen LogP) is 2.85. The van der Waals surface area contributed by atoms with E-state index in [1.165, 1.54) is 23.5 Å². The summed E-state index contributed by atoms with van der Waals surface area (Å²) in [5.41, 5.74) is 2.10. The average Bonchev–Trinajstić information content (AvgIpc) is 2.53. The van der Waals surface area contributed by atoms with Gasteiger partial charge < -0.3 is 10.2 Å². The van der Waals surface area contributed by atoms with Gasteiger partial charge in [-0.05, 0) is 42.7 Å². The molecule has 0 bridgehead atoms. The van der Waals surface area contributed by atoms with Gasteiger partial charge in [0.15, 0.2) is 0 Å². The second-order valence-corrected chi connectivity index (χ2v) is 7.60. The summed E-state index contributed by atoms with van der Waals surface area (Å²) in [6, 6.07) is 8.14. The van der Waals surface area contributed by atoms with E-state index in [1.807, 2.05) is 49.8 Å². The highest BCUT2D eigenvalue weighted by molar-refractivity contribution is 8.16. The molecule has 1 heterocycles. The van der Waals surface area contributed by atoms with Crippen molar-refractivity contribution < 1.29 is 4.79 Å². The van der Waals surface area contributed by atoms with Gasteiger partial charge in [-0.2, -0.15) is 0 Å². The number of nitrogens with one attached hydrogen (secondary N) is 1. The molecule has 0 saturated carbocycles. The van der Waals surface area contributed by atoms with E-state index < -0.39 is 0 Å². The monoisotopic (exact) mass is 310 g/mol. The summed E-state index contributed by atoms with van der Waals surface area (Å²) in [6.07, 6.45) is 1.30. The van der Waals surface area contributed by atoms with Crippen molar-refractivity contribution in [3.05, 3.63) is 35.4 Å². The van der Waals surface area contributed by atoms with Gasteiger partial charge >= 0.3 is 0 Å². The van der Waals surface area contributed by atoms with Gasteiger partial charge in [-0.1, -0.05) is 12.1 Å². The SMILES string of the molecule is CNCCN(C)C(=O)c1ccc(C2SCCCS2)cc1. The summed E-state index contributed by atoms with van der Waals surface area (Å²) in [4.78, 5) is 14.0. The third-order valence-corrected chi connectivity index (χ3v) is 6.32. The Morgan fingerprint density at radius 2 is 1.95 bits per heavy atom. The second kappa shape index (κ2) is 7.96. The summed E-state index contributed by atoms with van der Waals surface area (Å²) in [7, 11) is 3.74. The highest BCUT2D eigenvalue weighted by Gasteiger charge is 2.17. The second-order valence-electron chi connectivity index (χ2n) is 4.88. The first-order chi connectivity index (χ1) is 9.72. The molecule has 20 heavy (non-hydrogen) atoms. The Labute approximate surface area is 129 Å². The molecule has 0 spiro atoms. The van der Waals surface area contributed by atoms with Crippen LogP contribution in [-0.4, -0.2) is 49.5 Å². The number of benzene rings is 1. The molecule has 1 aromatic carbocycles. The maximum absolute atomic E-state index is 12.2. The maximum atomic E-state index is 12.2. The van der Waals surface area contributed by atoms with Crippen LogP contribution in [0.5, 0.6) is 0 Å². The topological polar surface area (TPSA) is 32.3 Å². The molecular formula is C15H22N2OS2. The minimum atomic E-state index is 0.0933. The molecule has 1 aliphatic rings. The van der Waals surface area contributed by atoms with Crippen LogP contribution < -0.4 is 5.32 Å². The van der Waals surface area contributed by atoms with Crippen LogP contribution in [0.25, 0.3) is 0 Å². The fourth-order valence-corrected chi connectivity index (χ4v) is 4.96. The Kier molecular flexibility index (Phi) is 6.26. The molecule has 3 nitrogen and oxygen atoms in total. The van der Waals surface area contributed by atoms with Crippen LogP contribution in [0.2, 0.25) is 0 Å². The van der Waals surface area contributed by atoms with E-state index in [9.17, 15) is 4.79 Å². The number of thioether (sulfide) groups is 2. The highest BCUT2D eigenvalue weighted by atomic mass is 32.2. The first-order valence-electron chi connectivity index (χ1n) is 6.95. The number of nitrogens with zero attached hydrogens (tertiary/aromatic N) is 1. The van der Waals surface area contributed by atoms with Crippen LogP contribution in [-0.2, 0) is 0 Å². The number of carbonyl (C=O) groups excluding carboxylic acids is 1. The first kappa shape index (κ1) is 15.7. The molecule has 0 atom stereocenters. The van der Waals surface area contributed by atoms with Crippen molar-refractivity contribution >= 4 is 29.4 Å². The number of likely N-dealkylation sites (N-methyl/N-ethyl adjacent to an activating group) is 2. The van der Waals surface area contributed by atoms with Gasteiger partial charge in [0.2, 0.25) is 0 Å². The molecule has 110 valence electrons. The fraction of sp³-hybridized carbons (Fsp3) is 0.533. The minimum absolute atomic E-state index is 0.0933. The van der Waals surface area contributed by atoms with Crippen LogP contribution in [0, 0.1) is 0 Å². The molecule has 2 rings (SSSR count). The van der Waals surface area contributed by atoms with Crippen LogP contribution >= 0.6 is 23.5 Å². The van der Waals surface area contributed by atoms with Gasteiger partial charge in [-0.25, -0.2) is 0 Å². The van der Waals surface area contributed by atoms with Crippen molar-refractivity contribution in [3.63, 3.8) is 0 Å². The minimum Gasteiger partial charge on any atom is -0.340 e. The summed E-state index contributed by atoms with van der Waals surface area (Å²) >= 11 is 4.01. The Morgan fingerprint density at radius 1 is 1.30 bits per heavy atom. The van der Waals surface area contributed by atoms with Gasteiger partial charge in [0.25, 0.3) is 5.91 Å². The van der Waals surface area contributed by atoms with Crippen LogP contribution in [0.4, 0.5) is 0 Å². The van der Waals surface area contributed by atoms with E-state index in [0.29, 0.717) is 4.58 Å². The Hall–Kier alpha value is -0.650. The lowest BCUT2D eigenvalue weighted by atomic mass is 10.1. The van der Waals surface area contributed by atoms with Gasteiger partial charge in [-0.15, -0.1) is 23.5 Å². The number of rotatable bonds is 5. The maximum Gasteiger partial charge on any atom is 0.253 e. The van der Waals surface area contributed by atoms with Gasteiger partial charge in [-0.3, -0.25) is 4.79 Å². The largest absolute Gasteiger partial charge is 0.340 e. The molecule has 1 N–H and O–H groups in total. The van der Waals surface area contributed by atoms with Crippen LogP contribution in [0.1, 0.15) is 26.9 Å². The normalized spacial score (nSPS) is 16.1. The molecule has 1 fully saturated rings. The van der Waals surface area contributed by atoms with E-state index in [4.69, 9.17) is 0 Å². The number of carbonyl (C=O) groups is 1. The Bertz CT molecular complexity index is 430. The quantitative estimate of drug-likeness (QED) is 0.906. The van der Waals surface area contributed by atoms with E-state index in [1.54, 1.807) is 4.90 Å². The molecule has 0 unspecified atom stereocenters. The van der Waals surface area contributed by atoms with Crippen LogP contribution in [0.15, 0.2) is 24.3 Å². The van der Waals surface area contributed by atoms with Gasteiger partial charge in [0, 0.05) is 25.7 Å². The van der Waals surface area contributed by atoms with Crippen molar-refractivity contribution in [1.29, 1.82) is 0 Å². The molecule has 1 aromatic rings. The molecular weight excluding hydrogens is 288 g/mol. The highest BCUT2D eigenvalue weighted by Crippen LogP contribution is 2.43. The average molecular weight is 310 g/mol. The van der Waals surface area contributed by atoms with Crippen molar-refractivity contribution in [2.75, 3.05) is 38.7 Å².